The molecule has 1 aromatic carbocycles. The summed E-state index contributed by atoms with van der Waals surface area (Å²) in [4.78, 5) is 0.946. The third-order valence-corrected chi connectivity index (χ3v) is 6.09. The van der Waals surface area contributed by atoms with E-state index in [1.165, 1.54) is 46.4 Å². The molecule has 0 saturated heterocycles. The van der Waals surface area contributed by atoms with E-state index in [1.807, 2.05) is 17.5 Å². The van der Waals surface area contributed by atoms with Crippen molar-refractivity contribution in [2.45, 2.75) is 18.8 Å². The number of benzene rings is 1. The first-order valence-electron chi connectivity index (χ1n) is 7.29. The lowest BCUT2D eigenvalue weighted by Crippen LogP contribution is -2.31. The molecule has 0 aliphatic rings. The molecule has 0 amide bonds. The van der Waals surface area contributed by atoms with E-state index >= 15 is 0 Å². The van der Waals surface area contributed by atoms with Gasteiger partial charge in [-0.3, -0.25) is 0 Å². The van der Waals surface area contributed by atoms with Crippen molar-refractivity contribution in [2.75, 3.05) is 0 Å². The van der Waals surface area contributed by atoms with Crippen molar-refractivity contribution < 1.29 is 17.2 Å². The summed E-state index contributed by atoms with van der Waals surface area (Å²) < 4.78 is 45.4. The Bertz CT molecular complexity index is 838. The maximum Gasteiger partial charge on any atom is 0.218 e. The van der Waals surface area contributed by atoms with Crippen LogP contribution >= 0.6 is 11.3 Å². The fourth-order valence-electron chi connectivity index (χ4n) is 2.34. The van der Waals surface area contributed by atoms with Gasteiger partial charge in [0.1, 0.15) is 5.82 Å². The van der Waals surface area contributed by atoms with Crippen molar-refractivity contribution >= 4 is 21.4 Å². The Balaban J connectivity index is 1.84. The van der Waals surface area contributed by atoms with Gasteiger partial charge >= 0.3 is 0 Å². The Morgan fingerprint density at radius 2 is 1.96 bits per heavy atom. The van der Waals surface area contributed by atoms with Crippen molar-refractivity contribution in [1.29, 1.82) is 0 Å². The summed E-state index contributed by atoms with van der Waals surface area (Å²) in [6.07, 6.45) is 3.04. The molecule has 0 spiro atoms. The highest BCUT2D eigenvalue weighted by molar-refractivity contribution is 7.88. The standard InChI is InChI=1S/C17H16FNO3S2/c18-16-4-1-3-14(9-16)13-24(20,21)19(10-15-6-7-22-12-15)11-17-5-2-8-23-17/h1-9,12H,10-11,13H2. The van der Waals surface area contributed by atoms with Crippen LogP contribution in [0, 0.1) is 5.82 Å². The van der Waals surface area contributed by atoms with Gasteiger partial charge in [-0.05, 0) is 35.2 Å². The number of hydrogen-bond donors (Lipinski definition) is 0. The van der Waals surface area contributed by atoms with Crippen molar-refractivity contribution in [3.8, 4) is 0 Å². The van der Waals surface area contributed by atoms with Gasteiger partial charge in [0, 0.05) is 23.5 Å². The number of sulfonamides is 1. The lowest BCUT2D eigenvalue weighted by Gasteiger charge is -2.21. The summed E-state index contributed by atoms with van der Waals surface area (Å²) >= 11 is 1.50. The summed E-state index contributed by atoms with van der Waals surface area (Å²) in [6.45, 7) is 0.493. The number of hydrogen-bond acceptors (Lipinski definition) is 4. The lowest BCUT2D eigenvalue weighted by molar-refractivity contribution is 0.401. The first kappa shape index (κ1) is 16.9. The average molecular weight is 365 g/mol. The van der Waals surface area contributed by atoms with Gasteiger partial charge in [0.25, 0.3) is 0 Å². The molecule has 0 unspecified atom stereocenters. The van der Waals surface area contributed by atoms with Crippen LogP contribution in [-0.4, -0.2) is 12.7 Å². The van der Waals surface area contributed by atoms with Crippen LogP contribution in [0.2, 0.25) is 0 Å². The molecular weight excluding hydrogens is 349 g/mol. The molecule has 126 valence electrons. The van der Waals surface area contributed by atoms with Crippen LogP contribution in [0.25, 0.3) is 0 Å². The molecule has 7 heteroatoms. The summed E-state index contributed by atoms with van der Waals surface area (Å²) in [7, 11) is -3.61. The number of nitrogens with zero attached hydrogens (tertiary/aromatic N) is 1. The summed E-state index contributed by atoms with van der Waals surface area (Å²) in [6, 6.07) is 11.2. The van der Waals surface area contributed by atoms with Crippen LogP contribution < -0.4 is 0 Å². The van der Waals surface area contributed by atoms with E-state index in [4.69, 9.17) is 4.42 Å². The highest BCUT2D eigenvalue weighted by Gasteiger charge is 2.24. The van der Waals surface area contributed by atoms with Gasteiger partial charge in [-0.2, -0.15) is 4.31 Å². The molecule has 0 radical (unpaired) electrons. The predicted molar refractivity (Wildman–Crippen MR) is 91.3 cm³/mol. The molecule has 4 nitrogen and oxygen atoms in total. The van der Waals surface area contributed by atoms with Gasteiger partial charge in [0.2, 0.25) is 10.0 Å². The second-order valence-corrected chi connectivity index (χ2v) is 8.37. The minimum atomic E-state index is -3.61. The second-order valence-electron chi connectivity index (χ2n) is 5.37. The molecule has 3 aromatic rings. The van der Waals surface area contributed by atoms with Crippen LogP contribution in [0.4, 0.5) is 4.39 Å². The summed E-state index contributed by atoms with van der Waals surface area (Å²) in [5.41, 5.74) is 1.20. The van der Waals surface area contributed by atoms with Crippen LogP contribution in [0.15, 0.2) is 64.8 Å². The third-order valence-electron chi connectivity index (χ3n) is 3.48. The molecule has 0 N–H and O–H groups in total. The molecule has 2 heterocycles. The van der Waals surface area contributed by atoms with E-state index in [1.54, 1.807) is 12.1 Å². The van der Waals surface area contributed by atoms with E-state index in [2.05, 4.69) is 0 Å². The summed E-state index contributed by atoms with van der Waals surface area (Å²) in [5, 5.41) is 1.91. The van der Waals surface area contributed by atoms with Crippen molar-refractivity contribution in [2.24, 2.45) is 0 Å². The molecule has 0 atom stereocenters. The molecule has 24 heavy (non-hydrogen) atoms. The van der Waals surface area contributed by atoms with Crippen LogP contribution in [0.5, 0.6) is 0 Å². The smallest absolute Gasteiger partial charge is 0.218 e. The largest absolute Gasteiger partial charge is 0.472 e. The number of furan rings is 1. The number of rotatable bonds is 7. The molecule has 2 aromatic heterocycles. The van der Waals surface area contributed by atoms with Gasteiger partial charge in [0.05, 0.1) is 18.3 Å². The van der Waals surface area contributed by atoms with Crippen molar-refractivity contribution in [3.05, 3.63) is 82.2 Å². The Morgan fingerprint density at radius 1 is 1.08 bits per heavy atom. The van der Waals surface area contributed by atoms with Crippen LogP contribution in [0.3, 0.4) is 0 Å². The molecule has 0 bridgehead atoms. The second kappa shape index (κ2) is 7.29. The summed E-state index contributed by atoms with van der Waals surface area (Å²) in [5.74, 6) is -0.684. The normalized spacial score (nSPS) is 11.9. The third kappa shape index (κ3) is 4.31. The highest BCUT2D eigenvalue weighted by atomic mass is 32.2. The Hall–Kier alpha value is -1.96. The minimum Gasteiger partial charge on any atom is -0.472 e. The average Bonchev–Trinajstić information content (AvgIpc) is 3.19. The lowest BCUT2D eigenvalue weighted by atomic mass is 10.2. The fraction of sp³-hybridized carbons (Fsp3) is 0.176. The molecule has 0 aliphatic heterocycles. The predicted octanol–water partition coefficient (Wildman–Crippen LogP) is 4.01. The highest BCUT2D eigenvalue weighted by Crippen LogP contribution is 2.21. The fourth-order valence-corrected chi connectivity index (χ4v) is 4.61. The zero-order valence-corrected chi connectivity index (χ0v) is 14.4. The monoisotopic (exact) mass is 365 g/mol. The van der Waals surface area contributed by atoms with Crippen LogP contribution in [-0.2, 0) is 28.9 Å². The van der Waals surface area contributed by atoms with E-state index in [0.29, 0.717) is 5.56 Å². The number of thiophene rings is 1. The minimum absolute atomic E-state index is 0.214. The van der Waals surface area contributed by atoms with E-state index in [9.17, 15) is 12.8 Å². The van der Waals surface area contributed by atoms with Gasteiger partial charge in [-0.25, -0.2) is 12.8 Å². The van der Waals surface area contributed by atoms with Gasteiger partial charge in [-0.1, -0.05) is 18.2 Å². The topological polar surface area (TPSA) is 50.5 Å². The van der Waals surface area contributed by atoms with E-state index in [-0.39, 0.29) is 18.8 Å². The van der Waals surface area contributed by atoms with Gasteiger partial charge < -0.3 is 4.42 Å². The zero-order chi connectivity index (χ0) is 17.0. The van der Waals surface area contributed by atoms with E-state index < -0.39 is 15.8 Å². The Kier molecular flexibility index (Phi) is 5.13. The molecular formula is C17H16FNO3S2. The Morgan fingerprint density at radius 3 is 2.62 bits per heavy atom. The maximum atomic E-state index is 13.3. The van der Waals surface area contributed by atoms with Crippen LogP contribution in [0.1, 0.15) is 16.0 Å². The van der Waals surface area contributed by atoms with Gasteiger partial charge in [0.15, 0.2) is 0 Å². The molecule has 0 aliphatic carbocycles. The molecule has 0 saturated carbocycles. The van der Waals surface area contributed by atoms with Gasteiger partial charge in [-0.15, -0.1) is 11.3 Å². The maximum absolute atomic E-state index is 13.3. The van der Waals surface area contributed by atoms with Crippen molar-refractivity contribution in [1.82, 2.24) is 4.31 Å². The first-order chi connectivity index (χ1) is 11.5. The molecule has 3 rings (SSSR count). The van der Waals surface area contributed by atoms with E-state index in [0.717, 1.165) is 10.4 Å². The first-order valence-corrected chi connectivity index (χ1v) is 9.77. The Labute approximate surface area is 144 Å². The number of halogens is 1. The van der Waals surface area contributed by atoms with Crippen molar-refractivity contribution in [3.63, 3.8) is 0 Å². The zero-order valence-electron chi connectivity index (χ0n) is 12.8. The molecule has 0 fully saturated rings. The quantitative estimate of drug-likeness (QED) is 0.636. The SMILES string of the molecule is O=S(=O)(Cc1cccc(F)c1)N(Cc1ccoc1)Cc1cccs1.